The van der Waals surface area contributed by atoms with Crippen LogP contribution in [0.5, 0.6) is 0 Å². The van der Waals surface area contributed by atoms with E-state index in [-0.39, 0.29) is 6.04 Å². The molecule has 1 saturated heterocycles. The molecule has 1 aromatic heterocycles. The van der Waals surface area contributed by atoms with E-state index in [9.17, 15) is 0 Å². The zero-order valence-electron chi connectivity index (χ0n) is 8.62. The Morgan fingerprint density at radius 1 is 1.57 bits per heavy atom. The normalized spacial score (nSPS) is 24.1. The fraction of sp³-hybridized carbons (Fsp3) is 0.700. The van der Waals surface area contributed by atoms with Gasteiger partial charge in [-0.1, -0.05) is 0 Å². The SMILES string of the molecule is Cc1nc(C(N)C2CCOC2)sc1C. The molecule has 2 rings (SSSR count). The summed E-state index contributed by atoms with van der Waals surface area (Å²) in [6.07, 6.45) is 1.07. The number of ether oxygens (including phenoxy) is 1. The van der Waals surface area contributed by atoms with Crippen molar-refractivity contribution in [3.8, 4) is 0 Å². The molecule has 3 nitrogen and oxygen atoms in total. The van der Waals surface area contributed by atoms with E-state index in [1.807, 2.05) is 6.92 Å². The molecule has 1 fully saturated rings. The van der Waals surface area contributed by atoms with E-state index in [2.05, 4.69) is 11.9 Å². The Balaban J connectivity index is 2.13. The molecule has 0 amide bonds. The number of hydrogen-bond donors (Lipinski definition) is 1. The number of hydrogen-bond acceptors (Lipinski definition) is 4. The van der Waals surface area contributed by atoms with E-state index >= 15 is 0 Å². The van der Waals surface area contributed by atoms with Crippen molar-refractivity contribution < 1.29 is 4.74 Å². The number of thiazole rings is 1. The van der Waals surface area contributed by atoms with Gasteiger partial charge in [-0.2, -0.15) is 0 Å². The molecule has 78 valence electrons. The highest BCUT2D eigenvalue weighted by atomic mass is 32.1. The Kier molecular flexibility index (Phi) is 2.85. The second-order valence-electron chi connectivity index (χ2n) is 3.84. The molecule has 0 bridgehead atoms. The summed E-state index contributed by atoms with van der Waals surface area (Å²) in [6, 6.07) is 0.0647. The van der Waals surface area contributed by atoms with Crippen molar-refractivity contribution in [1.82, 2.24) is 4.98 Å². The highest BCUT2D eigenvalue weighted by molar-refractivity contribution is 7.11. The minimum atomic E-state index is 0.0647. The Bertz CT molecular complexity index is 298. The van der Waals surface area contributed by atoms with Crippen LogP contribution in [0, 0.1) is 19.8 Å². The summed E-state index contributed by atoms with van der Waals surface area (Å²) >= 11 is 1.72. The van der Waals surface area contributed by atoms with E-state index in [4.69, 9.17) is 10.5 Å². The molecule has 2 atom stereocenters. The van der Waals surface area contributed by atoms with Crippen molar-refractivity contribution in [2.45, 2.75) is 26.3 Å². The molecule has 2 unspecified atom stereocenters. The van der Waals surface area contributed by atoms with Crippen LogP contribution >= 0.6 is 11.3 Å². The van der Waals surface area contributed by atoms with Crippen LogP contribution in [-0.4, -0.2) is 18.2 Å². The smallest absolute Gasteiger partial charge is 0.110 e. The molecule has 1 aromatic rings. The van der Waals surface area contributed by atoms with Gasteiger partial charge < -0.3 is 10.5 Å². The van der Waals surface area contributed by atoms with E-state index in [1.165, 1.54) is 4.88 Å². The second kappa shape index (κ2) is 3.96. The molecular weight excluding hydrogens is 196 g/mol. The first-order chi connectivity index (χ1) is 6.68. The lowest BCUT2D eigenvalue weighted by Gasteiger charge is -2.14. The van der Waals surface area contributed by atoms with Gasteiger partial charge in [0.1, 0.15) is 5.01 Å². The number of nitrogens with zero attached hydrogens (tertiary/aromatic N) is 1. The topological polar surface area (TPSA) is 48.1 Å². The Morgan fingerprint density at radius 2 is 2.36 bits per heavy atom. The first-order valence-electron chi connectivity index (χ1n) is 4.95. The second-order valence-corrected chi connectivity index (χ2v) is 5.08. The average molecular weight is 212 g/mol. The lowest BCUT2D eigenvalue weighted by molar-refractivity contribution is 0.181. The maximum absolute atomic E-state index is 6.15. The van der Waals surface area contributed by atoms with Gasteiger partial charge in [-0.25, -0.2) is 4.98 Å². The van der Waals surface area contributed by atoms with Gasteiger partial charge in [-0.05, 0) is 20.3 Å². The molecule has 14 heavy (non-hydrogen) atoms. The predicted molar refractivity (Wildman–Crippen MR) is 57.4 cm³/mol. The summed E-state index contributed by atoms with van der Waals surface area (Å²) in [5.41, 5.74) is 7.26. The highest BCUT2D eigenvalue weighted by Gasteiger charge is 2.26. The third-order valence-electron chi connectivity index (χ3n) is 2.80. The van der Waals surface area contributed by atoms with Gasteiger partial charge in [-0.15, -0.1) is 11.3 Å². The molecule has 0 spiro atoms. The van der Waals surface area contributed by atoms with Crippen molar-refractivity contribution in [1.29, 1.82) is 0 Å². The van der Waals surface area contributed by atoms with Gasteiger partial charge in [0.15, 0.2) is 0 Å². The third kappa shape index (κ3) is 1.82. The number of aryl methyl sites for hydroxylation is 2. The van der Waals surface area contributed by atoms with Crippen molar-refractivity contribution in [2.24, 2.45) is 11.7 Å². The van der Waals surface area contributed by atoms with E-state index < -0.39 is 0 Å². The minimum Gasteiger partial charge on any atom is -0.381 e. The summed E-state index contributed by atoms with van der Waals surface area (Å²) in [6.45, 7) is 5.77. The minimum absolute atomic E-state index is 0.0647. The zero-order valence-corrected chi connectivity index (χ0v) is 9.43. The molecular formula is C10H16N2OS. The summed E-state index contributed by atoms with van der Waals surface area (Å²) < 4.78 is 5.33. The summed E-state index contributed by atoms with van der Waals surface area (Å²) in [5.74, 6) is 0.458. The summed E-state index contributed by atoms with van der Waals surface area (Å²) in [7, 11) is 0. The van der Waals surface area contributed by atoms with E-state index in [1.54, 1.807) is 11.3 Å². The lowest BCUT2D eigenvalue weighted by atomic mass is 10.0. The van der Waals surface area contributed by atoms with Crippen LogP contribution in [0.4, 0.5) is 0 Å². The maximum atomic E-state index is 6.15. The summed E-state index contributed by atoms with van der Waals surface area (Å²) in [5, 5.41) is 1.07. The van der Waals surface area contributed by atoms with Gasteiger partial charge >= 0.3 is 0 Å². The quantitative estimate of drug-likeness (QED) is 0.813. The first kappa shape index (κ1) is 10.1. The Labute approximate surface area is 88.3 Å². The molecule has 1 aliphatic rings. The zero-order chi connectivity index (χ0) is 10.1. The van der Waals surface area contributed by atoms with Gasteiger partial charge in [0.25, 0.3) is 0 Å². The Morgan fingerprint density at radius 3 is 2.86 bits per heavy atom. The standard InChI is InChI=1S/C10H16N2OS/c1-6-7(2)14-10(12-6)9(11)8-3-4-13-5-8/h8-9H,3-5,11H2,1-2H3. The van der Waals surface area contributed by atoms with Gasteiger partial charge in [-0.3, -0.25) is 0 Å². The molecule has 0 aliphatic carbocycles. The molecule has 0 radical (unpaired) electrons. The number of aromatic nitrogens is 1. The number of rotatable bonds is 2. The van der Waals surface area contributed by atoms with Gasteiger partial charge in [0.2, 0.25) is 0 Å². The van der Waals surface area contributed by atoms with Crippen molar-refractivity contribution in [2.75, 3.05) is 13.2 Å². The largest absolute Gasteiger partial charge is 0.381 e. The molecule has 2 N–H and O–H groups in total. The lowest BCUT2D eigenvalue weighted by Crippen LogP contribution is -2.21. The summed E-state index contributed by atoms with van der Waals surface area (Å²) in [4.78, 5) is 5.77. The maximum Gasteiger partial charge on any atom is 0.110 e. The first-order valence-corrected chi connectivity index (χ1v) is 5.77. The molecule has 0 saturated carbocycles. The van der Waals surface area contributed by atoms with Crippen LogP contribution in [0.1, 0.15) is 28.0 Å². The van der Waals surface area contributed by atoms with Crippen LogP contribution in [0.15, 0.2) is 0 Å². The Hall–Kier alpha value is -0.450. The van der Waals surface area contributed by atoms with Gasteiger partial charge in [0.05, 0.1) is 18.3 Å². The van der Waals surface area contributed by atoms with Crippen LogP contribution in [-0.2, 0) is 4.74 Å². The third-order valence-corrected chi connectivity index (χ3v) is 3.98. The molecule has 2 heterocycles. The van der Waals surface area contributed by atoms with Crippen molar-refractivity contribution in [3.05, 3.63) is 15.6 Å². The van der Waals surface area contributed by atoms with Crippen LogP contribution in [0.3, 0.4) is 0 Å². The molecule has 4 heteroatoms. The average Bonchev–Trinajstić information content (AvgIpc) is 2.76. The fourth-order valence-electron chi connectivity index (χ4n) is 1.68. The van der Waals surface area contributed by atoms with E-state index in [0.29, 0.717) is 5.92 Å². The van der Waals surface area contributed by atoms with Crippen LogP contribution in [0.2, 0.25) is 0 Å². The number of nitrogens with two attached hydrogens (primary N) is 1. The molecule has 0 aromatic carbocycles. The van der Waals surface area contributed by atoms with Crippen molar-refractivity contribution in [3.63, 3.8) is 0 Å². The highest BCUT2D eigenvalue weighted by Crippen LogP contribution is 2.30. The fourth-order valence-corrected chi connectivity index (χ4v) is 2.70. The molecule has 1 aliphatic heterocycles. The van der Waals surface area contributed by atoms with Crippen molar-refractivity contribution >= 4 is 11.3 Å². The van der Waals surface area contributed by atoms with Gasteiger partial charge in [0, 0.05) is 17.4 Å². The van der Waals surface area contributed by atoms with E-state index in [0.717, 1.165) is 30.3 Å². The monoisotopic (exact) mass is 212 g/mol. The predicted octanol–water partition coefficient (Wildman–Crippen LogP) is 1.80. The van der Waals surface area contributed by atoms with Crippen LogP contribution < -0.4 is 5.73 Å². The van der Waals surface area contributed by atoms with Crippen LogP contribution in [0.25, 0.3) is 0 Å².